The third-order valence-electron chi connectivity index (χ3n) is 4.20. The molecule has 27 heavy (non-hydrogen) atoms. The smallest absolute Gasteiger partial charge is 0.323 e. The van der Waals surface area contributed by atoms with Crippen molar-refractivity contribution in [1.29, 1.82) is 0 Å². The Balaban J connectivity index is 1.62. The molecule has 0 saturated heterocycles. The number of ether oxygens (including phenoxy) is 2. The van der Waals surface area contributed by atoms with Gasteiger partial charge in [0.15, 0.2) is 11.5 Å². The number of carbonyl (C=O) groups is 1. The quantitative estimate of drug-likeness (QED) is 0.645. The first kappa shape index (κ1) is 16.9. The van der Waals surface area contributed by atoms with Gasteiger partial charge in [-0.25, -0.2) is 9.18 Å². The van der Waals surface area contributed by atoms with Crippen LogP contribution < -0.4 is 20.1 Å². The summed E-state index contributed by atoms with van der Waals surface area (Å²) in [6.07, 6.45) is 0.632. The molecule has 2 aromatic carbocycles. The van der Waals surface area contributed by atoms with Crippen LogP contribution in [0.25, 0.3) is 11.3 Å². The Morgan fingerprint density at radius 1 is 1.19 bits per heavy atom. The molecule has 1 aromatic heterocycles. The molecule has 0 unspecified atom stereocenters. The predicted molar refractivity (Wildman–Crippen MR) is 98.6 cm³/mol. The van der Waals surface area contributed by atoms with Crippen LogP contribution in [0.2, 0.25) is 0 Å². The van der Waals surface area contributed by atoms with Crippen molar-refractivity contribution in [2.24, 2.45) is 0 Å². The van der Waals surface area contributed by atoms with Gasteiger partial charge in [0.25, 0.3) is 0 Å². The summed E-state index contributed by atoms with van der Waals surface area (Å²) in [6, 6.07) is 10.8. The number of rotatable bonds is 4. The highest BCUT2D eigenvalue weighted by atomic mass is 19.1. The molecule has 1 aliphatic heterocycles. The molecule has 8 heteroatoms. The standard InChI is InChI=1S/C19H17FN4O3/c1-2-13-18(22-19(25)21-14-6-4-3-5-12(14)20)17(24-23-13)11-7-8-15-16(9-11)27-10-26-15/h3-9H,2,10H2,1H3,(H,23,24)(H2,21,22,25). The SMILES string of the molecule is CCc1[nH]nc(-c2ccc3c(c2)OCO3)c1NC(=O)Nc1ccccc1F. The maximum Gasteiger partial charge on any atom is 0.323 e. The largest absolute Gasteiger partial charge is 0.454 e. The number of para-hydroxylation sites is 1. The summed E-state index contributed by atoms with van der Waals surface area (Å²) < 4.78 is 24.5. The monoisotopic (exact) mass is 368 g/mol. The minimum absolute atomic E-state index is 0.0983. The number of fused-ring (bicyclic) bond motifs is 1. The predicted octanol–water partition coefficient (Wildman–Crippen LogP) is 4.15. The Kier molecular flexibility index (Phi) is 4.37. The zero-order valence-corrected chi connectivity index (χ0v) is 14.5. The fourth-order valence-electron chi connectivity index (χ4n) is 2.85. The molecular weight excluding hydrogens is 351 g/mol. The number of aromatic amines is 1. The number of nitrogens with one attached hydrogen (secondary N) is 3. The number of hydrogen-bond acceptors (Lipinski definition) is 4. The number of nitrogens with zero attached hydrogens (tertiary/aromatic N) is 1. The summed E-state index contributed by atoms with van der Waals surface area (Å²) in [5, 5.41) is 12.5. The molecule has 0 saturated carbocycles. The fourth-order valence-corrected chi connectivity index (χ4v) is 2.85. The van der Waals surface area contributed by atoms with Crippen molar-refractivity contribution in [1.82, 2.24) is 10.2 Å². The average molecular weight is 368 g/mol. The second-order valence-electron chi connectivity index (χ2n) is 5.91. The average Bonchev–Trinajstić information content (AvgIpc) is 3.29. The van der Waals surface area contributed by atoms with E-state index in [4.69, 9.17) is 9.47 Å². The summed E-state index contributed by atoms with van der Waals surface area (Å²) in [5.74, 6) is 0.777. The van der Waals surface area contributed by atoms with Crippen molar-refractivity contribution >= 4 is 17.4 Å². The summed E-state index contributed by atoms with van der Waals surface area (Å²) in [7, 11) is 0. The molecule has 2 heterocycles. The lowest BCUT2D eigenvalue weighted by Crippen LogP contribution is -2.21. The van der Waals surface area contributed by atoms with E-state index in [-0.39, 0.29) is 12.5 Å². The molecule has 0 spiro atoms. The molecule has 0 atom stereocenters. The minimum atomic E-state index is -0.557. The first-order valence-corrected chi connectivity index (χ1v) is 8.45. The summed E-state index contributed by atoms with van der Waals surface area (Å²) in [5.41, 5.74) is 2.71. The summed E-state index contributed by atoms with van der Waals surface area (Å²) in [4.78, 5) is 12.4. The van der Waals surface area contributed by atoms with Gasteiger partial charge in [-0.3, -0.25) is 5.10 Å². The summed E-state index contributed by atoms with van der Waals surface area (Å²) in [6.45, 7) is 2.12. The zero-order chi connectivity index (χ0) is 18.8. The number of carbonyl (C=O) groups excluding carboxylic acids is 1. The summed E-state index contributed by atoms with van der Waals surface area (Å²) >= 11 is 0. The van der Waals surface area contributed by atoms with Crippen LogP contribution in [0.5, 0.6) is 11.5 Å². The number of aromatic nitrogens is 2. The van der Waals surface area contributed by atoms with Crippen molar-refractivity contribution in [3.63, 3.8) is 0 Å². The Morgan fingerprint density at radius 3 is 2.81 bits per heavy atom. The molecular formula is C19H17FN4O3. The molecule has 3 aromatic rings. The van der Waals surface area contributed by atoms with Gasteiger partial charge < -0.3 is 20.1 Å². The van der Waals surface area contributed by atoms with E-state index in [2.05, 4.69) is 20.8 Å². The molecule has 138 valence electrons. The van der Waals surface area contributed by atoms with Crippen LogP contribution in [0, 0.1) is 5.82 Å². The van der Waals surface area contributed by atoms with E-state index < -0.39 is 11.8 Å². The van der Waals surface area contributed by atoms with Crippen LogP contribution in [-0.4, -0.2) is 23.0 Å². The number of hydrogen-bond donors (Lipinski definition) is 3. The molecule has 0 bridgehead atoms. The van der Waals surface area contributed by atoms with E-state index in [9.17, 15) is 9.18 Å². The first-order chi connectivity index (χ1) is 13.2. The van der Waals surface area contributed by atoms with Crippen LogP contribution in [0.4, 0.5) is 20.6 Å². The lowest BCUT2D eigenvalue weighted by molar-refractivity contribution is 0.174. The number of amides is 2. The van der Waals surface area contributed by atoms with Crippen LogP contribution in [0.1, 0.15) is 12.6 Å². The number of benzene rings is 2. The van der Waals surface area contributed by atoms with E-state index in [0.29, 0.717) is 29.3 Å². The topological polar surface area (TPSA) is 88.3 Å². The van der Waals surface area contributed by atoms with Crippen LogP contribution in [0.3, 0.4) is 0 Å². The maximum absolute atomic E-state index is 13.8. The third-order valence-corrected chi connectivity index (χ3v) is 4.20. The van der Waals surface area contributed by atoms with Crippen LogP contribution in [-0.2, 0) is 6.42 Å². The minimum Gasteiger partial charge on any atom is -0.454 e. The van der Waals surface area contributed by atoms with Gasteiger partial charge in [0.1, 0.15) is 11.5 Å². The van der Waals surface area contributed by atoms with E-state index in [1.54, 1.807) is 24.3 Å². The molecule has 0 fully saturated rings. The van der Waals surface area contributed by atoms with E-state index in [1.807, 2.05) is 13.0 Å². The Hall–Kier alpha value is -3.55. The molecule has 0 aliphatic carbocycles. The highest BCUT2D eigenvalue weighted by Crippen LogP contribution is 2.38. The Bertz CT molecular complexity index is 1000. The normalized spacial score (nSPS) is 12.1. The molecule has 4 rings (SSSR count). The fraction of sp³-hybridized carbons (Fsp3) is 0.158. The molecule has 3 N–H and O–H groups in total. The van der Waals surface area contributed by atoms with Gasteiger partial charge >= 0.3 is 6.03 Å². The van der Waals surface area contributed by atoms with Crippen molar-refractivity contribution < 1.29 is 18.7 Å². The van der Waals surface area contributed by atoms with Gasteiger partial charge in [0.05, 0.1) is 17.1 Å². The van der Waals surface area contributed by atoms with Crippen molar-refractivity contribution in [2.45, 2.75) is 13.3 Å². The highest BCUT2D eigenvalue weighted by Gasteiger charge is 2.20. The van der Waals surface area contributed by atoms with Crippen molar-refractivity contribution in [2.75, 3.05) is 17.4 Å². The number of anilines is 2. The zero-order valence-electron chi connectivity index (χ0n) is 14.5. The van der Waals surface area contributed by atoms with Gasteiger partial charge in [0.2, 0.25) is 6.79 Å². The van der Waals surface area contributed by atoms with Crippen molar-refractivity contribution in [3.05, 3.63) is 54.0 Å². The number of urea groups is 1. The maximum atomic E-state index is 13.8. The second kappa shape index (κ2) is 6.99. The number of H-pyrrole nitrogens is 1. The van der Waals surface area contributed by atoms with Crippen molar-refractivity contribution in [3.8, 4) is 22.8 Å². The number of aryl methyl sites for hydroxylation is 1. The van der Waals surface area contributed by atoms with Crippen LogP contribution >= 0.6 is 0 Å². The van der Waals surface area contributed by atoms with E-state index in [0.717, 1.165) is 11.3 Å². The third kappa shape index (κ3) is 3.29. The van der Waals surface area contributed by atoms with Gasteiger partial charge in [-0.1, -0.05) is 19.1 Å². The lowest BCUT2D eigenvalue weighted by atomic mass is 10.1. The van der Waals surface area contributed by atoms with Gasteiger partial charge in [-0.05, 0) is 36.8 Å². The molecule has 0 radical (unpaired) electrons. The number of halogens is 1. The molecule has 7 nitrogen and oxygen atoms in total. The van der Waals surface area contributed by atoms with E-state index in [1.165, 1.54) is 12.1 Å². The van der Waals surface area contributed by atoms with Gasteiger partial charge in [-0.2, -0.15) is 5.10 Å². The Morgan fingerprint density at radius 2 is 2.00 bits per heavy atom. The van der Waals surface area contributed by atoms with Gasteiger partial charge in [0, 0.05) is 5.56 Å². The van der Waals surface area contributed by atoms with Crippen LogP contribution in [0.15, 0.2) is 42.5 Å². The van der Waals surface area contributed by atoms with E-state index >= 15 is 0 Å². The first-order valence-electron chi connectivity index (χ1n) is 8.45. The van der Waals surface area contributed by atoms with Gasteiger partial charge in [-0.15, -0.1) is 0 Å². The lowest BCUT2D eigenvalue weighted by Gasteiger charge is -2.10. The Labute approximate surface area is 154 Å². The second-order valence-corrected chi connectivity index (χ2v) is 5.91. The molecule has 2 amide bonds. The highest BCUT2D eigenvalue weighted by molar-refractivity contribution is 6.02. The molecule has 1 aliphatic rings.